The summed E-state index contributed by atoms with van der Waals surface area (Å²) in [5.74, 6) is 2.56. The number of carbonyl (C=O) groups excluding carboxylic acids is 2. The van der Waals surface area contributed by atoms with E-state index < -0.39 is 6.04 Å². The number of nitrogens with one attached hydrogen (secondary N) is 2. The lowest BCUT2D eigenvalue weighted by molar-refractivity contribution is -0.132. The van der Waals surface area contributed by atoms with E-state index in [0.29, 0.717) is 12.2 Å². The van der Waals surface area contributed by atoms with Gasteiger partial charge in [0.05, 0.1) is 5.25 Å². The Hall–Kier alpha value is -1.56. The standard InChI is InChI=1S/C22H27FN2O2S/c23-17-3-1-13(2-4-17)8-19-21(27)24-18(12-28-19)20(26)25-22-9-14-5-15(10-22)7-16(6-14)11-22/h1-4,14-16,18-19H,5-12H2,(H,24,27)(H,25,26)/t14?,15?,16?,18-,19+,22?/m1/s1. The molecule has 5 aliphatic rings. The third-order valence-corrected chi connectivity index (χ3v) is 8.46. The van der Waals surface area contributed by atoms with E-state index in [9.17, 15) is 14.0 Å². The molecule has 6 heteroatoms. The van der Waals surface area contributed by atoms with Gasteiger partial charge in [0.1, 0.15) is 11.9 Å². The van der Waals surface area contributed by atoms with Crippen LogP contribution in [-0.2, 0) is 16.0 Å². The number of hydrogen-bond donors (Lipinski definition) is 2. The van der Waals surface area contributed by atoms with Gasteiger partial charge in [-0.05, 0) is 80.4 Å². The molecule has 4 nitrogen and oxygen atoms in total. The maximum absolute atomic E-state index is 13.1. The molecule has 2 N–H and O–H groups in total. The monoisotopic (exact) mass is 402 g/mol. The van der Waals surface area contributed by atoms with Crippen molar-refractivity contribution in [1.82, 2.24) is 10.6 Å². The van der Waals surface area contributed by atoms with Gasteiger partial charge in [-0.2, -0.15) is 0 Å². The van der Waals surface area contributed by atoms with Crippen LogP contribution in [0.2, 0.25) is 0 Å². The molecule has 28 heavy (non-hydrogen) atoms. The van der Waals surface area contributed by atoms with E-state index in [1.807, 2.05) is 0 Å². The van der Waals surface area contributed by atoms with Crippen molar-refractivity contribution in [3.8, 4) is 0 Å². The van der Waals surface area contributed by atoms with Crippen LogP contribution in [0.1, 0.15) is 44.1 Å². The van der Waals surface area contributed by atoms with E-state index in [2.05, 4.69) is 10.6 Å². The molecule has 150 valence electrons. The first-order chi connectivity index (χ1) is 13.5. The zero-order valence-electron chi connectivity index (χ0n) is 16.0. The number of thioether (sulfide) groups is 1. The Labute approximate surface area is 169 Å². The lowest BCUT2D eigenvalue weighted by atomic mass is 9.53. The summed E-state index contributed by atoms with van der Waals surface area (Å²) in [7, 11) is 0. The highest BCUT2D eigenvalue weighted by molar-refractivity contribution is 8.00. The molecule has 0 radical (unpaired) electrons. The molecule has 4 saturated carbocycles. The van der Waals surface area contributed by atoms with Crippen LogP contribution in [0.25, 0.3) is 0 Å². The zero-order valence-corrected chi connectivity index (χ0v) is 16.8. The molecule has 4 bridgehead atoms. The molecule has 0 unspecified atom stereocenters. The second-order valence-electron chi connectivity index (χ2n) is 9.40. The van der Waals surface area contributed by atoms with Crippen molar-refractivity contribution in [2.75, 3.05) is 5.75 Å². The summed E-state index contributed by atoms with van der Waals surface area (Å²) in [5, 5.41) is 6.08. The van der Waals surface area contributed by atoms with Crippen molar-refractivity contribution in [2.45, 2.75) is 61.8 Å². The minimum atomic E-state index is -0.449. The SMILES string of the molecule is O=C1N[C@@H](C(=O)NC23CC4CC(CC(C4)C2)C3)CS[C@H]1Cc1ccc(F)cc1. The fourth-order valence-electron chi connectivity index (χ4n) is 6.33. The number of amides is 2. The molecule has 2 atom stereocenters. The highest BCUT2D eigenvalue weighted by Crippen LogP contribution is 2.55. The van der Waals surface area contributed by atoms with Crippen LogP contribution in [0.4, 0.5) is 4.39 Å². The molecular formula is C22H27FN2O2S. The summed E-state index contributed by atoms with van der Waals surface area (Å²) in [4.78, 5) is 25.5. The van der Waals surface area contributed by atoms with E-state index in [1.165, 1.54) is 43.2 Å². The van der Waals surface area contributed by atoms with Gasteiger partial charge >= 0.3 is 0 Å². The third kappa shape index (κ3) is 3.56. The van der Waals surface area contributed by atoms with E-state index in [1.54, 1.807) is 12.1 Å². The van der Waals surface area contributed by atoms with Gasteiger partial charge in [-0.25, -0.2) is 4.39 Å². The van der Waals surface area contributed by atoms with Crippen LogP contribution < -0.4 is 10.6 Å². The molecule has 5 fully saturated rings. The Morgan fingerprint density at radius 3 is 2.29 bits per heavy atom. The van der Waals surface area contributed by atoms with Crippen molar-refractivity contribution < 1.29 is 14.0 Å². The number of rotatable bonds is 4. The highest BCUT2D eigenvalue weighted by Gasteiger charge is 2.52. The summed E-state index contributed by atoms with van der Waals surface area (Å²) >= 11 is 1.53. The van der Waals surface area contributed by atoms with Crippen LogP contribution in [-0.4, -0.2) is 34.4 Å². The largest absolute Gasteiger partial charge is 0.349 e. The van der Waals surface area contributed by atoms with Crippen LogP contribution >= 0.6 is 11.8 Å². The average Bonchev–Trinajstić information content (AvgIpc) is 2.63. The summed E-state index contributed by atoms with van der Waals surface area (Å²) < 4.78 is 13.1. The molecule has 1 aromatic rings. The molecule has 1 saturated heterocycles. The zero-order chi connectivity index (χ0) is 19.3. The van der Waals surface area contributed by atoms with Gasteiger partial charge in [-0.3, -0.25) is 9.59 Å². The minimum Gasteiger partial charge on any atom is -0.349 e. The van der Waals surface area contributed by atoms with E-state index in [4.69, 9.17) is 0 Å². The molecule has 1 heterocycles. The summed E-state index contributed by atoms with van der Waals surface area (Å²) in [5.41, 5.74) is 0.914. The third-order valence-electron chi connectivity index (χ3n) is 7.15. The van der Waals surface area contributed by atoms with Gasteiger partial charge in [-0.1, -0.05) is 12.1 Å². The van der Waals surface area contributed by atoms with Crippen molar-refractivity contribution in [3.63, 3.8) is 0 Å². The molecular weight excluding hydrogens is 375 g/mol. The van der Waals surface area contributed by atoms with Gasteiger partial charge in [0, 0.05) is 11.3 Å². The first kappa shape index (κ1) is 18.5. The summed E-state index contributed by atoms with van der Waals surface area (Å²) in [6, 6.07) is 5.82. The molecule has 6 rings (SSSR count). The quantitative estimate of drug-likeness (QED) is 0.814. The van der Waals surface area contributed by atoms with Gasteiger partial charge in [0.15, 0.2) is 0 Å². The second kappa shape index (κ2) is 7.05. The molecule has 1 aromatic carbocycles. The summed E-state index contributed by atoms with van der Waals surface area (Å²) in [6.45, 7) is 0. The van der Waals surface area contributed by atoms with Gasteiger partial charge in [0.25, 0.3) is 0 Å². The highest BCUT2D eigenvalue weighted by atomic mass is 32.2. The van der Waals surface area contributed by atoms with E-state index in [0.717, 1.165) is 42.6 Å². The lowest BCUT2D eigenvalue weighted by Crippen LogP contribution is -2.64. The number of benzene rings is 1. The van der Waals surface area contributed by atoms with E-state index >= 15 is 0 Å². The predicted octanol–water partition coefficient (Wildman–Crippen LogP) is 3.05. The Bertz CT molecular complexity index is 746. The van der Waals surface area contributed by atoms with Gasteiger partial charge in [-0.15, -0.1) is 11.8 Å². The topological polar surface area (TPSA) is 58.2 Å². The van der Waals surface area contributed by atoms with Crippen LogP contribution in [0.5, 0.6) is 0 Å². The molecule has 4 aliphatic carbocycles. The smallest absolute Gasteiger partial charge is 0.243 e. The van der Waals surface area contributed by atoms with Crippen LogP contribution in [0.15, 0.2) is 24.3 Å². The Morgan fingerprint density at radius 2 is 1.71 bits per heavy atom. The van der Waals surface area contributed by atoms with Crippen LogP contribution in [0, 0.1) is 23.6 Å². The van der Waals surface area contributed by atoms with Crippen LogP contribution in [0.3, 0.4) is 0 Å². The average molecular weight is 403 g/mol. The first-order valence-corrected chi connectivity index (χ1v) is 11.5. The van der Waals surface area contributed by atoms with Crippen molar-refractivity contribution in [2.24, 2.45) is 17.8 Å². The summed E-state index contributed by atoms with van der Waals surface area (Å²) in [6.07, 6.45) is 7.94. The fourth-order valence-corrected chi connectivity index (χ4v) is 7.52. The van der Waals surface area contributed by atoms with Gasteiger partial charge < -0.3 is 10.6 Å². The maximum atomic E-state index is 13.1. The number of hydrogen-bond acceptors (Lipinski definition) is 3. The Balaban J connectivity index is 1.19. The van der Waals surface area contributed by atoms with Crippen molar-refractivity contribution in [1.29, 1.82) is 0 Å². The van der Waals surface area contributed by atoms with Crippen molar-refractivity contribution >= 4 is 23.6 Å². The number of carbonyl (C=O) groups is 2. The molecule has 1 aliphatic heterocycles. The molecule has 2 amide bonds. The lowest BCUT2D eigenvalue weighted by Gasteiger charge is -2.57. The predicted molar refractivity (Wildman–Crippen MR) is 107 cm³/mol. The number of halogens is 1. The van der Waals surface area contributed by atoms with E-state index in [-0.39, 0.29) is 28.4 Å². The maximum Gasteiger partial charge on any atom is 0.243 e. The molecule has 0 aromatic heterocycles. The second-order valence-corrected chi connectivity index (χ2v) is 10.6. The molecule has 0 spiro atoms. The van der Waals surface area contributed by atoms with Gasteiger partial charge in [0.2, 0.25) is 11.8 Å². The normalized spacial score (nSPS) is 38.9. The Kier molecular flexibility index (Phi) is 4.65. The van der Waals surface area contributed by atoms with Crippen molar-refractivity contribution in [3.05, 3.63) is 35.6 Å². The fraction of sp³-hybridized carbons (Fsp3) is 0.636. The Morgan fingerprint density at radius 1 is 1.11 bits per heavy atom. The first-order valence-electron chi connectivity index (χ1n) is 10.5. The minimum absolute atomic E-state index is 0.0111.